The highest BCUT2D eigenvalue weighted by molar-refractivity contribution is 5.75. The predicted molar refractivity (Wildman–Crippen MR) is 62.8 cm³/mol. The monoisotopic (exact) mass is 203 g/mol. The highest BCUT2D eigenvalue weighted by Crippen LogP contribution is 2.21. The van der Waals surface area contributed by atoms with Gasteiger partial charge >= 0.3 is 0 Å². The summed E-state index contributed by atoms with van der Waals surface area (Å²) in [6.07, 6.45) is 0. The second-order valence-electron chi connectivity index (χ2n) is 4.17. The number of rotatable bonds is 2. The molecule has 2 N–H and O–H groups in total. The fourth-order valence-corrected chi connectivity index (χ4v) is 1.81. The number of para-hydroxylation sites is 2. The third kappa shape index (κ3) is 1.63. The van der Waals surface area contributed by atoms with Crippen LogP contribution in [-0.4, -0.2) is 15.6 Å². The molecule has 2 rings (SSSR count). The molecule has 80 valence electrons. The van der Waals surface area contributed by atoms with Crippen molar-refractivity contribution in [1.29, 1.82) is 0 Å². The Labute approximate surface area is 89.9 Å². The molecule has 0 radical (unpaired) electrons. The van der Waals surface area contributed by atoms with E-state index in [1.807, 2.05) is 32.2 Å². The van der Waals surface area contributed by atoms with Gasteiger partial charge in [-0.25, -0.2) is 4.98 Å². The Balaban J connectivity index is 2.58. The quantitative estimate of drug-likeness (QED) is 0.811. The molecule has 3 heteroatoms. The highest BCUT2D eigenvalue weighted by atomic mass is 15.1. The lowest BCUT2D eigenvalue weighted by Gasteiger charge is -2.14. The van der Waals surface area contributed by atoms with E-state index in [1.165, 1.54) is 5.52 Å². The number of hydrogen-bond donors (Lipinski definition) is 1. The van der Waals surface area contributed by atoms with E-state index in [1.54, 1.807) is 0 Å². The van der Waals surface area contributed by atoms with E-state index >= 15 is 0 Å². The summed E-state index contributed by atoms with van der Waals surface area (Å²) in [5.41, 5.74) is 8.12. The first kappa shape index (κ1) is 10.2. The van der Waals surface area contributed by atoms with Crippen molar-refractivity contribution >= 4 is 11.0 Å². The third-order valence-corrected chi connectivity index (χ3v) is 3.02. The van der Waals surface area contributed by atoms with Gasteiger partial charge < -0.3 is 10.3 Å². The zero-order valence-electron chi connectivity index (χ0n) is 9.44. The van der Waals surface area contributed by atoms with Crippen molar-refractivity contribution in [2.45, 2.75) is 25.8 Å². The molecule has 0 aliphatic rings. The van der Waals surface area contributed by atoms with Crippen LogP contribution >= 0.6 is 0 Å². The van der Waals surface area contributed by atoms with E-state index in [9.17, 15) is 0 Å². The Kier molecular flexibility index (Phi) is 2.49. The summed E-state index contributed by atoms with van der Waals surface area (Å²) in [5, 5.41) is 0. The first-order chi connectivity index (χ1) is 7.11. The zero-order valence-corrected chi connectivity index (χ0v) is 9.44. The van der Waals surface area contributed by atoms with Gasteiger partial charge in [0, 0.05) is 19.0 Å². The van der Waals surface area contributed by atoms with Gasteiger partial charge in [-0.3, -0.25) is 0 Å². The highest BCUT2D eigenvalue weighted by Gasteiger charge is 2.17. The van der Waals surface area contributed by atoms with Gasteiger partial charge in [0.1, 0.15) is 5.82 Å². The standard InChI is InChI=1S/C12H17N3/c1-8(9(2)13)12-14-10-6-4-5-7-11(10)15(12)3/h4-9H,13H2,1-3H3. The van der Waals surface area contributed by atoms with Crippen molar-refractivity contribution in [3.05, 3.63) is 30.1 Å². The Morgan fingerprint density at radius 1 is 1.27 bits per heavy atom. The van der Waals surface area contributed by atoms with E-state index in [0.29, 0.717) is 0 Å². The molecule has 0 amide bonds. The molecule has 0 spiro atoms. The molecule has 1 heterocycles. The molecule has 2 atom stereocenters. The predicted octanol–water partition coefficient (Wildman–Crippen LogP) is 2.02. The summed E-state index contributed by atoms with van der Waals surface area (Å²) in [6, 6.07) is 8.28. The number of fused-ring (bicyclic) bond motifs is 1. The SMILES string of the molecule is CC(N)C(C)c1nc2ccccc2n1C. The van der Waals surface area contributed by atoms with Gasteiger partial charge in [-0.05, 0) is 19.1 Å². The Morgan fingerprint density at radius 2 is 1.93 bits per heavy atom. The van der Waals surface area contributed by atoms with Gasteiger partial charge in [0.2, 0.25) is 0 Å². The van der Waals surface area contributed by atoms with Gasteiger partial charge in [-0.15, -0.1) is 0 Å². The number of imidazole rings is 1. The maximum absolute atomic E-state index is 5.91. The van der Waals surface area contributed by atoms with Crippen molar-refractivity contribution in [1.82, 2.24) is 9.55 Å². The van der Waals surface area contributed by atoms with Crippen LogP contribution in [0.25, 0.3) is 11.0 Å². The number of aryl methyl sites for hydroxylation is 1. The summed E-state index contributed by atoms with van der Waals surface area (Å²) in [7, 11) is 2.05. The number of nitrogens with zero attached hydrogens (tertiary/aromatic N) is 2. The van der Waals surface area contributed by atoms with Crippen LogP contribution in [0.1, 0.15) is 25.6 Å². The van der Waals surface area contributed by atoms with E-state index in [4.69, 9.17) is 5.73 Å². The second-order valence-corrected chi connectivity index (χ2v) is 4.17. The number of benzene rings is 1. The van der Waals surface area contributed by atoms with Crippen LogP contribution in [0.5, 0.6) is 0 Å². The van der Waals surface area contributed by atoms with Crippen molar-refractivity contribution in [3.8, 4) is 0 Å². The molecule has 0 aliphatic carbocycles. The largest absolute Gasteiger partial charge is 0.331 e. The van der Waals surface area contributed by atoms with Crippen molar-refractivity contribution in [3.63, 3.8) is 0 Å². The number of nitrogens with two attached hydrogens (primary N) is 1. The van der Waals surface area contributed by atoms with E-state index < -0.39 is 0 Å². The average Bonchev–Trinajstić information content (AvgIpc) is 2.56. The Morgan fingerprint density at radius 3 is 2.53 bits per heavy atom. The maximum Gasteiger partial charge on any atom is 0.113 e. The van der Waals surface area contributed by atoms with Crippen LogP contribution in [0.4, 0.5) is 0 Å². The van der Waals surface area contributed by atoms with Crippen LogP contribution in [0.3, 0.4) is 0 Å². The van der Waals surface area contributed by atoms with Crippen LogP contribution in [-0.2, 0) is 7.05 Å². The zero-order chi connectivity index (χ0) is 11.0. The minimum absolute atomic E-state index is 0.125. The van der Waals surface area contributed by atoms with Crippen LogP contribution in [0.15, 0.2) is 24.3 Å². The summed E-state index contributed by atoms with van der Waals surface area (Å²) >= 11 is 0. The van der Waals surface area contributed by atoms with Gasteiger partial charge in [0.15, 0.2) is 0 Å². The lowest BCUT2D eigenvalue weighted by molar-refractivity contribution is 0.565. The number of aromatic nitrogens is 2. The van der Waals surface area contributed by atoms with E-state index in [-0.39, 0.29) is 12.0 Å². The summed E-state index contributed by atoms with van der Waals surface area (Å²) in [6.45, 7) is 4.13. The normalized spacial score (nSPS) is 15.5. The van der Waals surface area contributed by atoms with Crippen molar-refractivity contribution in [2.24, 2.45) is 12.8 Å². The molecule has 0 aliphatic heterocycles. The summed E-state index contributed by atoms with van der Waals surface area (Å²) in [4.78, 5) is 4.62. The topological polar surface area (TPSA) is 43.8 Å². The summed E-state index contributed by atoms with van der Waals surface area (Å²) in [5.74, 6) is 1.34. The minimum atomic E-state index is 0.125. The molecule has 0 fully saturated rings. The average molecular weight is 203 g/mol. The Bertz CT molecular complexity index is 471. The van der Waals surface area contributed by atoms with Crippen LogP contribution in [0.2, 0.25) is 0 Å². The van der Waals surface area contributed by atoms with Gasteiger partial charge in [0.25, 0.3) is 0 Å². The third-order valence-electron chi connectivity index (χ3n) is 3.02. The molecule has 2 unspecified atom stereocenters. The van der Waals surface area contributed by atoms with Gasteiger partial charge in [-0.2, -0.15) is 0 Å². The van der Waals surface area contributed by atoms with Gasteiger partial charge in [-0.1, -0.05) is 19.1 Å². The molecule has 3 nitrogen and oxygen atoms in total. The van der Waals surface area contributed by atoms with E-state index in [0.717, 1.165) is 11.3 Å². The first-order valence-corrected chi connectivity index (χ1v) is 5.28. The second kappa shape index (κ2) is 3.66. The smallest absolute Gasteiger partial charge is 0.113 e. The van der Waals surface area contributed by atoms with Crippen molar-refractivity contribution in [2.75, 3.05) is 0 Å². The summed E-state index contributed by atoms with van der Waals surface area (Å²) < 4.78 is 2.13. The minimum Gasteiger partial charge on any atom is -0.331 e. The van der Waals surface area contributed by atoms with E-state index in [2.05, 4.69) is 22.5 Å². The molecular formula is C12H17N3. The molecular weight excluding hydrogens is 186 g/mol. The lowest BCUT2D eigenvalue weighted by atomic mass is 10.0. The fourth-order valence-electron chi connectivity index (χ4n) is 1.81. The first-order valence-electron chi connectivity index (χ1n) is 5.28. The fraction of sp³-hybridized carbons (Fsp3) is 0.417. The number of hydrogen-bond acceptors (Lipinski definition) is 2. The molecule has 15 heavy (non-hydrogen) atoms. The molecule has 0 saturated heterocycles. The lowest BCUT2D eigenvalue weighted by Crippen LogP contribution is -2.24. The molecule has 0 bridgehead atoms. The van der Waals surface area contributed by atoms with Crippen LogP contribution < -0.4 is 5.73 Å². The van der Waals surface area contributed by atoms with Crippen LogP contribution in [0, 0.1) is 0 Å². The molecule has 0 saturated carbocycles. The maximum atomic E-state index is 5.91. The van der Waals surface area contributed by atoms with Gasteiger partial charge in [0.05, 0.1) is 11.0 Å². The molecule has 1 aromatic heterocycles. The Hall–Kier alpha value is -1.35. The van der Waals surface area contributed by atoms with Crippen molar-refractivity contribution < 1.29 is 0 Å². The molecule has 1 aromatic carbocycles. The molecule has 2 aromatic rings.